The van der Waals surface area contributed by atoms with Gasteiger partial charge in [0, 0.05) is 12.6 Å². The first-order valence-electron chi connectivity index (χ1n) is 7.76. The summed E-state index contributed by atoms with van der Waals surface area (Å²) >= 11 is 0. The van der Waals surface area contributed by atoms with Crippen molar-refractivity contribution >= 4 is 5.97 Å². The Hall–Kier alpha value is -0.610. The number of nitrogens with one attached hydrogen (secondary N) is 1. The van der Waals surface area contributed by atoms with Gasteiger partial charge in [-0.05, 0) is 52.7 Å². The second kappa shape index (κ2) is 9.32. The maximum absolute atomic E-state index is 11.4. The van der Waals surface area contributed by atoms with Gasteiger partial charge in [-0.2, -0.15) is 0 Å². The molecule has 1 N–H and O–H groups in total. The van der Waals surface area contributed by atoms with Crippen LogP contribution in [-0.4, -0.2) is 49.7 Å². The Bertz CT molecular complexity index is 259. The summed E-state index contributed by atoms with van der Waals surface area (Å²) in [4.78, 5) is 14.0. The summed E-state index contributed by atoms with van der Waals surface area (Å²) in [5.74, 6) is -0.145. The predicted octanol–water partition coefficient (Wildman–Crippen LogP) is 2.04. The van der Waals surface area contributed by atoms with Gasteiger partial charge in [-0.3, -0.25) is 4.79 Å². The van der Waals surface area contributed by atoms with Crippen molar-refractivity contribution in [3.8, 4) is 0 Å². The average Bonchev–Trinajstić information content (AvgIpc) is 2.40. The monoisotopic (exact) mass is 270 g/mol. The summed E-state index contributed by atoms with van der Waals surface area (Å²) < 4.78 is 4.98. The maximum atomic E-state index is 11.4. The van der Waals surface area contributed by atoms with Gasteiger partial charge >= 0.3 is 5.97 Å². The molecule has 0 aliphatic carbocycles. The highest BCUT2D eigenvalue weighted by Gasteiger charge is 2.17. The van der Waals surface area contributed by atoms with Crippen LogP contribution in [0.2, 0.25) is 0 Å². The average molecular weight is 270 g/mol. The van der Waals surface area contributed by atoms with Gasteiger partial charge in [0.25, 0.3) is 0 Å². The first-order valence-corrected chi connectivity index (χ1v) is 7.76. The summed E-state index contributed by atoms with van der Waals surface area (Å²) in [6, 6.07) is 0.743. The molecule has 1 heterocycles. The van der Waals surface area contributed by atoms with Crippen LogP contribution in [0.3, 0.4) is 0 Å². The molecule has 1 aliphatic rings. The number of piperidine rings is 1. The second-order valence-corrected chi connectivity index (χ2v) is 5.59. The summed E-state index contributed by atoms with van der Waals surface area (Å²) in [6.07, 6.45) is 5.22. The van der Waals surface area contributed by atoms with Gasteiger partial charge in [-0.25, -0.2) is 0 Å². The highest BCUT2D eigenvalue weighted by molar-refractivity contribution is 5.72. The van der Waals surface area contributed by atoms with Crippen molar-refractivity contribution < 1.29 is 9.53 Å². The minimum atomic E-state index is -0.0975. The number of carbonyl (C=O) groups excluding carboxylic acids is 1. The highest BCUT2D eigenvalue weighted by Crippen LogP contribution is 2.15. The number of nitrogens with zero attached hydrogens (tertiary/aromatic N) is 1. The van der Waals surface area contributed by atoms with Crippen molar-refractivity contribution in [3.63, 3.8) is 0 Å². The molecule has 4 nitrogen and oxygen atoms in total. The lowest BCUT2D eigenvalue weighted by atomic mass is 10.0. The van der Waals surface area contributed by atoms with Gasteiger partial charge in [0.05, 0.1) is 12.5 Å². The molecular formula is C15H30N2O2. The Morgan fingerprint density at radius 3 is 2.95 bits per heavy atom. The third kappa shape index (κ3) is 6.39. The molecule has 0 spiro atoms. The molecule has 2 unspecified atom stereocenters. The zero-order valence-electron chi connectivity index (χ0n) is 12.8. The van der Waals surface area contributed by atoms with Crippen LogP contribution in [0.4, 0.5) is 0 Å². The summed E-state index contributed by atoms with van der Waals surface area (Å²) in [7, 11) is 0. The van der Waals surface area contributed by atoms with Crippen LogP contribution >= 0.6 is 0 Å². The number of hydrogen-bond donors (Lipinski definition) is 1. The lowest BCUT2D eigenvalue weighted by Gasteiger charge is -2.33. The van der Waals surface area contributed by atoms with E-state index in [-0.39, 0.29) is 11.9 Å². The van der Waals surface area contributed by atoms with Crippen molar-refractivity contribution in [1.82, 2.24) is 10.2 Å². The predicted molar refractivity (Wildman–Crippen MR) is 78.2 cm³/mol. The SMILES string of the molecule is CCOC(=O)C(C)CNCCCN1CCCCC1C. The number of rotatable bonds is 8. The van der Waals surface area contributed by atoms with E-state index in [0.717, 1.165) is 19.0 Å². The van der Waals surface area contributed by atoms with Crippen molar-refractivity contribution in [2.24, 2.45) is 5.92 Å². The second-order valence-electron chi connectivity index (χ2n) is 5.59. The number of hydrogen-bond acceptors (Lipinski definition) is 4. The zero-order chi connectivity index (χ0) is 14.1. The van der Waals surface area contributed by atoms with Gasteiger partial charge in [0.1, 0.15) is 0 Å². The molecule has 1 saturated heterocycles. The molecule has 1 aliphatic heterocycles. The van der Waals surface area contributed by atoms with E-state index in [0.29, 0.717) is 13.2 Å². The number of esters is 1. The van der Waals surface area contributed by atoms with Crippen molar-refractivity contribution in [2.45, 2.75) is 52.5 Å². The van der Waals surface area contributed by atoms with Crippen LogP contribution in [0.5, 0.6) is 0 Å². The lowest BCUT2D eigenvalue weighted by molar-refractivity contribution is -0.147. The van der Waals surface area contributed by atoms with Crippen LogP contribution in [0, 0.1) is 5.92 Å². The van der Waals surface area contributed by atoms with Gasteiger partial charge < -0.3 is 15.0 Å². The summed E-state index contributed by atoms with van der Waals surface area (Å²) in [5.41, 5.74) is 0. The van der Waals surface area contributed by atoms with E-state index in [9.17, 15) is 4.79 Å². The smallest absolute Gasteiger partial charge is 0.309 e. The quantitative estimate of drug-likeness (QED) is 0.541. The molecule has 0 aromatic heterocycles. The minimum absolute atomic E-state index is 0.0474. The fourth-order valence-corrected chi connectivity index (χ4v) is 2.58. The van der Waals surface area contributed by atoms with E-state index in [2.05, 4.69) is 17.1 Å². The molecule has 0 aromatic carbocycles. The zero-order valence-corrected chi connectivity index (χ0v) is 12.8. The largest absolute Gasteiger partial charge is 0.466 e. The normalized spacial score (nSPS) is 22.2. The Labute approximate surface area is 117 Å². The molecule has 0 saturated carbocycles. The molecule has 2 atom stereocenters. The maximum Gasteiger partial charge on any atom is 0.309 e. The first-order chi connectivity index (χ1) is 9.15. The molecule has 19 heavy (non-hydrogen) atoms. The third-order valence-electron chi connectivity index (χ3n) is 3.88. The number of carbonyl (C=O) groups is 1. The van der Waals surface area contributed by atoms with E-state index >= 15 is 0 Å². The third-order valence-corrected chi connectivity index (χ3v) is 3.88. The van der Waals surface area contributed by atoms with Gasteiger partial charge in [0.15, 0.2) is 0 Å². The molecule has 0 bridgehead atoms. The molecule has 1 fully saturated rings. The van der Waals surface area contributed by atoms with Gasteiger partial charge in [-0.1, -0.05) is 13.3 Å². The van der Waals surface area contributed by atoms with E-state index in [4.69, 9.17) is 4.74 Å². The molecule has 4 heteroatoms. The summed E-state index contributed by atoms with van der Waals surface area (Å²) in [5, 5.41) is 3.35. The molecule has 1 rings (SSSR count). The van der Waals surface area contributed by atoms with Crippen molar-refractivity contribution in [1.29, 1.82) is 0 Å². The Morgan fingerprint density at radius 1 is 1.47 bits per heavy atom. The number of likely N-dealkylation sites (tertiary alicyclic amines) is 1. The topological polar surface area (TPSA) is 41.6 Å². The Kier molecular flexibility index (Phi) is 8.07. The van der Waals surface area contributed by atoms with Crippen LogP contribution < -0.4 is 5.32 Å². The Morgan fingerprint density at radius 2 is 2.26 bits per heavy atom. The van der Waals surface area contributed by atoms with Crippen molar-refractivity contribution in [2.75, 3.05) is 32.8 Å². The molecule has 0 amide bonds. The summed E-state index contributed by atoms with van der Waals surface area (Å²) in [6.45, 7) is 10.7. The molecule has 0 aromatic rings. The Balaban J connectivity index is 2.02. The van der Waals surface area contributed by atoms with Crippen LogP contribution in [0.1, 0.15) is 46.5 Å². The molecule has 0 radical (unpaired) electrons. The van der Waals surface area contributed by atoms with E-state index in [1.54, 1.807) is 0 Å². The molecule has 112 valence electrons. The van der Waals surface area contributed by atoms with Gasteiger partial charge in [0.2, 0.25) is 0 Å². The minimum Gasteiger partial charge on any atom is -0.466 e. The van der Waals surface area contributed by atoms with E-state index in [1.165, 1.54) is 32.4 Å². The fraction of sp³-hybridized carbons (Fsp3) is 0.933. The van der Waals surface area contributed by atoms with Crippen LogP contribution in [-0.2, 0) is 9.53 Å². The fourth-order valence-electron chi connectivity index (χ4n) is 2.58. The standard InChI is InChI=1S/C15H30N2O2/c1-4-19-15(18)13(2)12-16-9-7-11-17-10-6-5-8-14(17)3/h13-14,16H,4-12H2,1-3H3. The van der Waals surface area contributed by atoms with Crippen molar-refractivity contribution in [3.05, 3.63) is 0 Å². The van der Waals surface area contributed by atoms with Crippen LogP contribution in [0.25, 0.3) is 0 Å². The first kappa shape index (κ1) is 16.4. The van der Waals surface area contributed by atoms with Crippen LogP contribution in [0.15, 0.2) is 0 Å². The number of ether oxygens (including phenoxy) is 1. The lowest BCUT2D eigenvalue weighted by Crippen LogP contribution is -2.39. The van der Waals surface area contributed by atoms with Gasteiger partial charge in [-0.15, -0.1) is 0 Å². The van der Waals surface area contributed by atoms with E-state index < -0.39 is 0 Å². The highest BCUT2D eigenvalue weighted by atomic mass is 16.5. The van der Waals surface area contributed by atoms with E-state index in [1.807, 2.05) is 13.8 Å². The molecular weight excluding hydrogens is 240 g/mol.